The van der Waals surface area contributed by atoms with E-state index in [0.29, 0.717) is 11.7 Å². The van der Waals surface area contributed by atoms with E-state index in [4.69, 9.17) is 4.74 Å². The van der Waals surface area contributed by atoms with Gasteiger partial charge in [-0.15, -0.1) is 5.10 Å². The maximum atomic E-state index is 12.6. The van der Waals surface area contributed by atoms with Crippen LogP contribution in [0.4, 0.5) is 0 Å². The fourth-order valence-electron chi connectivity index (χ4n) is 3.90. The molecular formula is C22H26N4O2. The predicted molar refractivity (Wildman–Crippen MR) is 109 cm³/mol. The Labute approximate surface area is 164 Å². The number of amides is 1. The van der Waals surface area contributed by atoms with Crippen molar-refractivity contribution in [1.82, 2.24) is 20.3 Å². The van der Waals surface area contributed by atoms with Crippen LogP contribution in [0, 0.1) is 0 Å². The molecule has 1 aromatic heterocycles. The van der Waals surface area contributed by atoms with Gasteiger partial charge in [0.05, 0.1) is 25.4 Å². The fourth-order valence-corrected chi connectivity index (χ4v) is 3.90. The number of nitrogens with one attached hydrogen (secondary N) is 1. The molecule has 1 fully saturated rings. The van der Waals surface area contributed by atoms with Crippen LogP contribution in [0.1, 0.15) is 67.2 Å². The van der Waals surface area contributed by atoms with E-state index in [1.54, 1.807) is 13.3 Å². The molecule has 1 N–H and O–H groups in total. The van der Waals surface area contributed by atoms with E-state index in [0.717, 1.165) is 34.9 Å². The lowest BCUT2D eigenvalue weighted by Crippen LogP contribution is -2.27. The molecule has 3 aromatic rings. The Morgan fingerprint density at radius 1 is 1.14 bits per heavy atom. The van der Waals surface area contributed by atoms with Crippen LogP contribution in [-0.4, -0.2) is 28.0 Å². The number of rotatable bonds is 5. The van der Waals surface area contributed by atoms with E-state index in [1.165, 1.54) is 19.3 Å². The first-order valence-electron chi connectivity index (χ1n) is 9.94. The second-order valence-electron chi connectivity index (χ2n) is 7.54. The van der Waals surface area contributed by atoms with Crippen LogP contribution in [0.25, 0.3) is 10.8 Å². The highest BCUT2D eigenvalue weighted by Gasteiger charge is 2.20. The number of ether oxygens (including phenoxy) is 1. The molecule has 28 heavy (non-hydrogen) atoms. The molecule has 0 spiro atoms. The number of hydrogen-bond acceptors (Lipinski definition) is 4. The summed E-state index contributed by atoms with van der Waals surface area (Å²) in [5.41, 5.74) is 1.42. The van der Waals surface area contributed by atoms with Gasteiger partial charge in [0.15, 0.2) is 5.69 Å². The smallest absolute Gasteiger partial charge is 0.273 e. The molecule has 0 radical (unpaired) electrons. The van der Waals surface area contributed by atoms with Gasteiger partial charge < -0.3 is 10.1 Å². The molecule has 6 nitrogen and oxygen atoms in total. The zero-order valence-electron chi connectivity index (χ0n) is 16.4. The minimum atomic E-state index is -0.190. The van der Waals surface area contributed by atoms with E-state index < -0.39 is 0 Å². The number of hydrogen-bond donors (Lipinski definition) is 1. The zero-order valence-corrected chi connectivity index (χ0v) is 16.4. The Bertz CT molecular complexity index is 976. The molecule has 2 aromatic carbocycles. The van der Waals surface area contributed by atoms with Gasteiger partial charge in [-0.25, -0.2) is 4.68 Å². The highest BCUT2D eigenvalue weighted by Crippen LogP contribution is 2.27. The molecule has 0 unspecified atom stereocenters. The van der Waals surface area contributed by atoms with Gasteiger partial charge in [-0.1, -0.05) is 42.7 Å². The fraction of sp³-hybridized carbons (Fsp3) is 0.409. The van der Waals surface area contributed by atoms with Crippen LogP contribution in [0.15, 0.2) is 42.6 Å². The minimum absolute atomic E-state index is 0.126. The average molecular weight is 378 g/mol. The Morgan fingerprint density at radius 2 is 1.89 bits per heavy atom. The van der Waals surface area contributed by atoms with Crippen molar-refractivity contribution >= 4 is 16.7 Å². The molecule has 1 aliphatic carbocycles. The van der Waals surface area contributed by atoms with E-state index in [1.807, 2.05) is 35.9 Å². The monoisotopic (exact) mass is 378 g/mol. The first kappa shape index (κ1) is 18.5. The van der Waals surface area contributed by atoms with Crippen molar-refractivity contribution in [2.75, 3.05) is 7.11 Å². The van der Waals surface area contributed by atoms with Crippen LogP contribution >= 0.6 is 0 Å². The number of benzene rings is 2. The van der Waals surface area contributed by atoms with E-state index in [2.05, 4.69) is 27.8 Å². The third-order valence-corrected chi connectivity index (χ3v) is 5.61. The maximum Gasteiger partial charge on any atom is 0.273 e. The molecule has 0 bridgehead atoms. The van der Waals surface area contributed by atoms with Crippen molar-refractivity contribution < 1.29 is 9.53 Å². The summed E-state index contributed by atoms with van der Waals surface area (Å²) in [6.45, 7) is 1.98. The molecular weight excluding hydrogens is 352 g/mol. The van der Waals surface area contributed by atoms with Crippen molar-refractivity contribution in [1.29, 1.82) is 0 Å². The van der Waals surface area contributed by atoms with Crippen molar-refractivity contribution in [2.45, 2.75) is 51.1 Å². The van der Waals surface area contributed by atoms with E-state index in [9.17, 15) is 4.79 Å². The van der Waals surface area contributed by atoms with Crippen molar-refractivity contribution in [3.63, 3.8) is 0 Å². The average Bonchev–Trinajstić information content (AvgIpc) is 3.24. The van der Waals surface area contributed by atoms with Crippen molar-refractivity contribution in [3.8, 4) is 5.75 Å². The third-order valence-electron chi connectivity index (χ3n) is 5.61. The normalized spacial score (nSPS) is 16.1. The van der Waals surface area contributed by atoms with Gasteiger partial charge in [0, 0.05) is 0 Å². The molecule has 1 amide bonds. The summed E-state index contributed by atoms with van der Waals surface area (Å²) in [4.78, 5) is 12.6. The van der Waals surface area contributed by atoms with Crippen LogP contribution in [0.2, 0.25) is 0 Å². The van der Waals surface area contributed by atoms with E-state index in [-0.39, 0.29) is 11.9 Å². The van der Waals surface area contributed by atoms with Crippen molar-refractivity contribution in [3.05, 3.63) is 53.9 Å². The molecule has 1 saturated carbocycles. The lowest BCUT2D eigenvalue weighted by Gasteiger charge is -2.20. The van der Waals surface area contributed by atoms with Gasteiger partial charge >= 0.3 is 0 Å². The molecule has 6 heteroatoms. The Hall–Kier alpha value is -2.89. The third kappa shape index (κ3) is 3.86. The largest absolute Gasteiger partial charge is 0.497 e. The summed E-state index contributed by atoms with van der Waals surface area (Å²) in [6.07, 6.45) is 7.73. The topological polar surface area (TPSA) is 69.0 Å². The van der Waals surface area contributed by atoms with Crippen LogP contribution in [0.5, 0.6) is 5.75 Å². The van der Waals surface area contributed by atoms with Crippen LogP contribution in [-0.2, 0) is 0 Å². The van der Waals surface area contributed by atoms with Gasteiger partial charge in [-0.2, -0.15) is 0 Å². The van der Waals surface area contributed by atoms with Gasteiger partial charge in [0.25, 0.3) is 5.91 Å². The predicted octanol–water partition coefficient (Wildman–Crippen LogP) is 4.44. The Balaban J connectivity index is 1.45. The summed E-state index contributed by atoms with van der Waals surface area (Å²) >= 11 is 0. The molecule has 0 saturated heterocycles. The Morgan fingerprint density at radius 3 is 2.68 bits per heavy atom. The molecule has 0 aliphatic heterocycles. The molecule has 1 atom stereocenters. The first-order chi connectivity index (χ1) is 13.6. The first-order valence-corrected chi connectivity index (χ1v) is 9.94. The van der Waals surface area contributed by atoms with Gasteiger partial charge in [0.2, 0.25) is 0 Å². The molecule has 4 rings (SSSR count). The number of nitrogens with zero attached hydrogens (tertiary/aromatic N) is 3. The number of aromatic nitrogens is 3. The number of carbonyl (C=O) groups excluding carboxylic acids is 1. The van der Waals surface area contributed by atoms with Gasteiger partial charge in [-0.3, -0.25) is 4.79 Å². The number of fused-ring (bicyclic) bond motifs is 1. The zero-order chi connectivity index (χ0) is 19.5. The van der Waals surface area contributed by atoms with Gasteiger partial charge in [0.1, 0.15) is 5.75 Å². The minimum Gasteiger partial charge on any atom is -0.497 e. The van der Waals surface area contributed by atoms with Crippen LogP contribution < -0.4 is 10.1 Å². The van der Waals surface area contributed by atoms with Crippen LogP contribution in [0.3, 0.4) is 0 Å². The highest BCUT2D eigenvalue weighted by atomic mass is 16.5. The SMILES string of the molecule is COc1ccc2cc([C@H](C)NC(=O)c3cn(C4CCCCC4)nn3)ccc2c1. The molecule has 1 heterocycles. The highest BCUT2D eigenvalue weighted by molar-refractivity contribution is 5.92. The summed E-state index contributed by atoms with van der Waals surface area (Å²) in [5.74, 6) is 0.645. The second kappa shape index (κ2) is 8.00. The second-order valence-corrected chi connectivity index (χ2v) is 7.54. The van der Waals surface area contributed by atoms with E-state index >= 15 is 0 Å². The van der Waals surface area contributed by atoms with Gasteiger partial charge in [-0.05, 0) is 54.3 Å². The lowest BCUT2D eigenvalue weighted by atomic mass is 9.96. The molecule has 1 aliphatic rings. The summed E-state index contributed by atoms with van der Waals surface area (Å²) in [7, 11) is 1.66. The Kier molecular flexibility index (Phi) is 5.28. The maximum absolute atomic E-state index is 12.6. The lowest BCUT2D eigenvalue weighted by molar-refractivity contribution is 0.0934. The van der Waals surface area contributed by atoms with Crippen molar-refractivity contribution in [2.24, 2.45) is 0 Å². The number of methoxy groups -OCH3 is 1. The number of carbonyl (C=O) groups is 1. The summed E-state index contributed by atoms with van der Waals surface area (Å²) < 4.78 is 7.14. The summed E-state index contributed by atoms with van der Waals surface area (Å²) in [6, 6.07) is 12.4. The molecule has 146 valence electrons. The summed E-state index contributed by atoms with van der Waals surface area (Å²) in [5, 5.41) is 13.5. The standard InChI is InChI=1S/C22H26N4O2/c1-15(16-8-9-18-13-20(28-2)11-10-17(18)12-16)23-22(27)21-14-26(25-24-21)19-6-4-3-5-7-19/h8-15,19H,3-7H2,1-2H3,(H,23,27)/t15-/m0/s1. The quantitative estimate of drug-likeness (QED) is 0.713.